The molecule has 0 radical (unpaired) electrons. The van der Waals surface area contributed by atoms with Crippen LogP contribution in [0.25, 0.3) is 0 Å². The smallest absolute Gasteiger partial charge is 0.255 e. The maximum atomic E-state index is 12.3. The summed E-state index contributed by atoms with van der Waals surface area (Å²) in [6.07, 6.45) is 4.46. The van der Waals surface area contributed by atoms with Gasteiger partial charge >= 0.3 is 0 Å². The van der Waals surface area contributed by atoms with E-state index < -0.39 is 5.60 Å². The highest BCUT2D eigenvalue weighted by atomic mass is 16.5. The fourth-order valence-corrected chi connectivity index (χ4v) is 2.88. The summed E-state index contributed by atoms with van der Waals surface area (Å²) in [4.78, 5) is 12.3. The molecular formula is C16H23NO3. The summed E-state index contributed by atoms with van der Waals surface area (Å²) in [7, 11) is 1.56. The molecule has 4 heteroatoms. The molecule has 1 fully saturated rings. The van der Waals surface area contributed by atoms with Crippen LogP contribution in [0.3, 0.4) is 0 Å². The zero-order chi connectivity index (χ0) is 14.6. The van der Waals surface area contributed by atoms with Gasteiger partial charge in [-0.3, -0.25) is 4.79 Å². The summed E-state index contributed by atoms with van der Waals surface area (Å²) in [5.74, 6) is 0.448. The summed E-state index contributed by atoms with van der Waals surface area (Å²) in [5, 5.41) is 13.1. The lowest BCUT2D eigenvalue weighted by molar-refractivity contribution is 0.0389. The number of benzene rings is 1. The molecule has 1 saturated carbocycles. The predicted octanol–water partition coefficient (Wildman–Crippen LogP) is 2.43. The third-order valence-electron chi connectivity index (χ3n) is 4.09. The minimum atomic E-state index is -0.580. The molecule has 2 rings (SSSR count). The van der Waals surface area contributed by atoms with Gasteiger partial charge in [0.1, 0.15) is 5.75 Å². The van der Waals surface area contributed by atoms with Gasteiger partial charge in [0.05, 0.1) is 18.3 Å². The zero-order valence-electron chi connectivity index (χ0n) is 12.2. The Bertz CT molecular complexity index is 479. The van der Waals surface area contributed by atoms with Crippen LogP contribution in [0.15, 0.2) is 18.2 Å². The third-order valence-corrected chi connectivity index (χ3v) is 4.09. The number of ether oxygens (including phenoxy) is 1. The van der Waals surface area contributed by atoms with Crippen molar-refractivity contribution in [2.24, 2.45) is 0 Å². The van der Waals surface area contributed by atoms with Crippen LogP contribution in [-0.4, -0.2) is 30.3 Å². The Balaban J connectivity index is 1.95. The molecule has 1 amide bonds. The van der Waals surface area contributed by atoms with Crippen molar-refractivity contribution in [3.63, 3.8) is 0 Å². The number of carbonyl (C=O) groups is 1. The second-order valence-electron chi connectivity index (χ2n) is 5.59. The highest BCUT2D eigenvalue weighted by molar-refractivity contribution is 5.98. The summed E-state index contributed by atoms with van der Waals surface area (Å²) in [6, 6.07) is 5.54. The van der Waals surface area contributed by atoms with E-state index in [0.717, 1.165) is 31.2 Å². The minimum Gasteiger partial charge on any atom is -0.496 e. The van der Waals surface area contributed by atoms with Crippen LogP contribution in [0.1, 0.15) is 48.0 Å². The minimum absolute atomic E-state index is 0.137. The Morgan fingerprint density at radius 3 is 2.75 bits per heavy atom. The Morgan fingerprint density at radius 1 is 1.40 bits per heavy atom. The van der Waals surface area contributed by atoms with Crippen molar-refractivity contribution < 1.29 is 14.6 Å². The molecule has 110 valence electrons. The molecule has 0 unspecified atom stereocenters. The quantitative estimate of drug-likeness (QED) is 0.869. The molecule has 0 bridgehead atoms. The van der Waals surface area contributed by atoms with E-state index in [1.165, 1.54) is 0 Å². The Hall–Kier alpha value is -1.55. The van der Waals surface area contributed by atoms with Gasteiger partial charge in [0.15, 0.2) is 0 Å². The van der Waals surface area contributed by atoms with Crippen molar-refractivity contribution in [2.45, 2.75) is 44.6 Å². The first kappa shape index (κ1) is 14.9. The number of hydrogen-bond donors (Lipinski definition) is 2. The number of aliphatic hydroxyl groups is 1. The number of aryl methyl sites for hydroxylation is 1. The second-order valence-corrected chi connectivity index (χ2v) is 5.59. The number of nitrogens with one attached hydrogen (secondary N) is 1. The zero-order valence-corrected chi connectivity index (χ0v) is 12.2. The van der Waals surface area contributed by atoms with Gasteiger partial charge in [-0.2, -0.15) is 0 Å². The topological polar surface area (TPSA) is 58.6 Å². The molecular weight excluding hydrogens is 254 g/mol. The van der Waals surface area contributed by atoms with Crippen molar-refractivity contribution in [1.29, 1.82) is 0 Å². The number of hydrogen-bond acceptors (Lipinski definition) is 3. The first-order valence-corrected chi connectivity index (χ1v) is 7.20. The lowest BCUT2D eigenvalue weighted by Crippen LogP contribution is -2.33. The van der Waals surface area contributed by atoms with Crippen molar-refractivity contribution in [2.75, 3.05) is 13.7 Å². The van der Waals surface area contributed by atoms with Gasteiger partial charge in [0.2, 0.25) is 0 Å². The SMILES string of the molecule is COc1cccc(C)c1C(=O)NCCC1(O)CCCC1. The third kappa shape index (κ3) is 3.31. The number of methoxy groups -OCH3 is 1. The summed E-state index contributed by atoms with van der Waals surface area (Å²) < 4.78 is 5.24. The molecule has 1 aliphatic carbocycles. The first-order chi connectivity index (χ1) is 9.56. The summed E-state index contributed by atoms with van der Waals surface area (Å²) in [6.45, 7) is 2.38. The van der Waals surface area contributed by atoms with Gasteiger partial charge in [-0.15, -0.1) is 0 Å². The number of amides is 1. The van der Waals surface area contributed by atoms with E-state index in [4.69, 9.17) is 4.74 Å². The van der Waals surface area contributed by atoms with E-state index in [-0.39, 0.29) is 5.91 Å². The summed E-state index contributed by atoms with van der Waals surface area (Å²) >= 11 is 0. The van der Waals surface area contributed by atoms with Gasteiger partial charge in [-0.1, -0.05) is 25.0 Å². The van der Waals surface area contributed by atoms with E-state index >= 15 is 0 Å². The van der Waals surface area contributed by atoms with Crippen LogP contribution in [0.2, 0.25) is 0 Å². The van der Waals surface area contributed by atoms with Gasteiger partial charge in [-0.05, 0) is 37.8 Å². The van der Waals surface area contributed by atoms with E-state index in [9.17, 15) is 9.90 Å². The molecule has 0 aliphatic heterocycles. The normalized spacial score (nSPS) is 16.9. The molecule has 0 aromatic heterocycles. The van der Waals surface area contributed by atoms with Gasteiger partial charge in [0, 0.05) is 6.54 Å². The largest absolute Gasteiger partial charge is 0.496 e. The number of rotatable bonds is 5. The lowest BCUT2D eigenvalue weighted by Gasteiger charge is -2.22. The van der Waals surface area contributed by atoms with Crippen LogP contribution in [-0.2, 0) is 0 Å². The molecule has 4 nitrogen and oxygen atoms in total. The predicted molar refractivity (Wildman–Crippen MR) is 78.1 cm³/mol. The molecule has 20 heavy (non-hydrogen) atoms. The highest BCUT2D eigenvalue weighted by Gasteiger charge is 2.30. The fourth-order valence-electron chi connectivity index (χ4n) is 2.88. The van der Waals surface area contributed by atoms with Crippen molar-refractivity contribution in [3.8, 4) is 5.75 Å². The van der Waals surface area contributed by atoms with E-state index in [0.29, 0.717) is 24.3 Å². The summed E-state index contributed by atoms with van der Waals surface area (Å²) in [5.41, 5.74) is 0.887. The molecule has 0 saturated heterocycles. The molecule has 1 aromatic rings. The van der Waals surface area contributed by atoms with E-state index in [1.807, 2.05) is 19.1 Å². The van der Waals surface area contributed by atoms with Gasteiger partial charge in [-0.25, -0.2) is 0 Å². The maximum absolute atomic E-state index is 12.3. The standard InChI is InChI=1S/C16H23NO3/c1-12-6-5-7-13(20-2)14(12)15(18)17-11-10-16(19)8-3-4-9-16/h5-7,19H,3-4,8-11H2,1-2H3,(H,17,18). The highest BCUT2D eigenvalue weighted by Crippen LogP contribution is 2.31. The first-order valence-electron chi connectivity index (χ1n) is 7.20. The molecule has 0 heterocycles. The van der Waals surface area contributed by atoms with Crippen LogP contribution in [0.5, 0.6) is 5.75 Å². The van der Waals surface area contributed by atoms with Gasteiger partial charge in [0.25, 0.3) is 5.91 Å². The van der Waals surface area contributed by atoms with Crippen molar-refractivity contribution in [1.82, 2.24) is 5.32 Å². The van der Waals surface area contributed by atoms with Gasteiger partial charge < -0.3 is 15.2 Å². The Labute approximate surface area is 120 Å². The number of carbonyl (C=O) groups excluding carboxylic acids is 1. The van der Waals surface area contributed by atoms with Crippen molar-refractivity contribution >= 4 is 5.91 Å². The average Bonchev–Trinajstić information content (AvgIpc) is 2.85. The average molecular weight is 277 g/mol. The van der Waals surface area contributed by atoms with Crippen LogP contribution >= 0.6 is 0 Å². The second kappa shape index (κ2) is 6.27. The monoisotopic (exact) mass is 277 g/mol. The Morgan fingerprint density at radius 2 is 2.10 bits per heavy atom. The molecule has 0 atom stereocenters. The molecule has 2 N–H and O–H groups in total. The molecule has 1 aromatic carbocycles. The van der Waals surface area contributed by atoms with Crippen LogP contribution in [0, 0.1) is 6.92 Å². The van der Waals surface area contributed by atoms with E-state index in [2.05, 4.69) is 5.32 Å². The molecule has 1 aliphatic rings. The maximum Gasteiger partial charge on any atom is 0.255 e. The molecule has 0 spiro atoms. The van der Waals surface area contributed by atoms with E-state index in [1.54, 1.807) is 13.2 Å². The lowest BCUT2D eigenvalue weighted by atomic mass is 9.98. The van der Waals surface area contributed by atoms with Crippen LogP contribution < -0.4 is 10.1 Å². The van der Waals surface area contributed by atoms with Crippen LogP contribution in [0.4, 0.5) is 0 Å². The Kier molecular flexibility index (Phi) is 4.65. The fraction of sp³-hybridized carbons (Fsp3) is 0.562. The van der Waals surface area contributed by atoms with Crippen molar-refractivity contribution in [3.05, 3.63) is 29.3 Å².